The Kier molecular flexibility index (Phi) is 8.64. The summed E-state index contributed by atoms with van der Waals surface area (Å²) in [5.41, 5.74) is 3.13. The third kappa shape index (κ3) is 6.72. The lowest BCUT2D eigenvalue weighted by Crippen LogP contribution is -2.56. The predicted molar refractivity (Wildman–Crippen MR) is 171 cm³/mol. The van der Waals surface area contributed by atoms with Crippen LogP contribution in [0.15, 0.2) is 60.9 Å². The Labute approximate surface area is 271 Å². The van der Waals surface area contributed by atoms with E-state index < -0.39 is 12.3 Å². The number of hydrogen-bond donors (Lipinski definition) is 1. The molecule has 0 unspecified atom stereocenters. The fourth-order valence-corrected chi connectivity index (χ4v) is 6.08. The van der Waals surface area contributed by atoms with E-state index >= 15 is 4.39 Å². The van der Waals surface area contributed by atoms with Crippen LogP contribution in [0.2, 0.25) is 0 Å². The van der Waals surface area contributed by atoms with Crippen LogP contribution in [0.3, 0.4) is 0 Å². The molecule has 2 aromatic carbocycles. The maximum Gasteiger partial charge on any atom is 0.276 e. The van der Waals surface area contributed by atoms with E-state index in [2.05, 4.69) is 53.6 Å². The number of rotatable bonds is 8. The highest BCUT2D eigenvalue weighted by Crippen LogP contribution is 2.29. The number of aryl methyl sites for hydroxylation is 1. The van der Waals surface area contributed by atoms with Crippen molar-refractivity contribution in [2.45, 2.75) is 24.7 Å². The van der Waals surface area contributed by atoms with Crippen LogP contribution in [0.1, 0.15) is 22.5 Å². The van der Waals surface area contributed by atoms with Crippen LogP contribution < -0.4 is 15.0 Å². The van der Waals surface area contributed by atoms with E-state index in [1.165, 1.54) is 21.5 Å². The molecule has 13 nitrogen and oxygen atoms in total. The molecule has 3 fully saturated rings. The number of nitrogens with one attached hydrogen (secondary N) is 1. The van der Waals surface area contributed by atoms with Gasteiger partial charge in [-0.3, -0.25) is 14.4 Å². The Balaban J connectivity index is 0.965. The molecule has 3 aliphatic heterocycles. The van der Waals surface area contributed by atoms with E-state index in [0.29, 0.717) is 29.8 Å². The Morgan fingerprint density at radius 2 is 1.89 bits per heavy atom. The summed E-state index contributed by atoms with van der Waals surface area (Å²) in [4.78, 5) is 28.1. The van der Waals surface area contributed by atoms with Gasteiger partial charge in [-0.1, -0.05) is 5.21 Å². The summed E-state index contributed by atoms with van der Waals surface area (Å²) in [5, 5.41) is 20.8. The van der Waals surface area contributed by atoms with E-state index in [-0.39, 0.29) is 35.9 Å². The van der Waals surface area contributed by atoms with Crippen molar-refractivity contribution in [3.05, 3.63) is 72.2 Å². The molecule has 4 aromatic rings. The minimum atomic E-state index is -1.44. The number of nitrogens with zero attached hydrogens (tertiary/aromatic N) is 9. The first-order chi connectivity index (χ1) is 22.9. The number of carbonyl (C=O) groups excluding carboxylic acids is 1. The van der Waals surface area contributed by atoms with Crippen LogP contribution in [0, 0.1) is 11.3 Å². The second kappa shape index (κ2) is 13.3. The van der Waals surface area contributed by atoms with Crippen molar-refractivity contribution in [3.8, 4) is 23.2 Å². The molecule has 1 amide bonds. The first-order valence-corrected chi connectivity index (χ1v) is 15.7. The molecule has 242 valence electrons. The van der Waals surface area contributed by atoms with E-state index in [4.69, 9.17) is 9.47 Å². The quantitative estimate of drug-likeness (QED) is 0.305. The third-order valence-electron chi connectivity index (χ3n) is 8.84. The molecule has 0 spiro atoms. The fourth-order valence-electron chi connectivity index (χ4n) is 6.08. The average molecular weight is 639 g/mol. The van der Waals surface area contributed by atoms with Crippen LogP contribution in [-0.2, 0) is 11.8 Å². The first kappa shape index (κ1) is 30.5. The molecular formula is C33H35FN10O3. The lowest BCUT2D eigenvalue weighted by atomic mass is 10.0. The highest BCUT2D eigenvalue weighted by Gasteiger charge is 2.35. The van der Waals surface area contributed by atoms with Crippen molar-refractivity contribution < 1.29 is 18.7 Å². The van der Waals surface area contributed by atoms with Crippen molar-refractivity contribution in [2.75, 3.05) is 62.7 Å². The Morgan fingerprint density at radius 1 is 1.09 bits per heavy atom. The standard InChI is InChI=1S/C33H35FN10O3/c1-41-19-28(39-40-41)33(45)44-11-9-30(27(34)18-44)47-29-7-2-22(16-23(29)17-35)32-36-10-8-31(38-32)37-24-3-5-25(6-4-24)42-12-14-43(15-13-42)26-20-46-21-26/h2-8,10,16,19,26-27,30H,9,11-15,18,20-21H2,1H3,(H,36,37,38)/t27-,30+/m1/s1. The summed E-state index contributed by atoms with van der Waals surface area (Å²) in [5.74, 6) is 0.939. The van der Waals surface area contributed by atoms with Gasteiger partial charge in [-0.15, -0.1) is 5.10 Å². The minimum absolute atomic E-state index is 0.135. The van der Waals surface area contributed by atoms with Crippen molar-refractivity contribution in [3.63, 3.8) is 0 Å². The topological polar surface area (TPSA) is 138 Å². The van der Waals surface area contributed by atoms with Gasteiger partial charge in [0.2, 0.25) is 0 Å². The molecule has 7 rings (SSSR count). The molecule has 14 heteroatoms. The van der Waals surface area contributed by atoms with E-state index in [1.807, 2.05) is 12.1 Å². The maximum atomic E-state index is 15.2. The van der Waals surface area contributed by atoms with Gasteiger partial charge in [0.05, 0.1) is 37.6 Å². The molecule has 0 bridgehead atoms. The van der Waals surface area contributed by atoms with Gasteiger partial charge in [-0.2, -0.15) is 5.26 Å². The zero-order valence-electron chi connectivity index (χ0n) is 26.0. The summed E-state index contributed by atoms with van der Waals surface area (Å²) in [6.07, 6.45) is 1.19. The zero-order chi connectivity index (χ0) is 32.3. The molecule has 0 radical (unpaired) electrons. The molecule has 5 heterocycles. The van der Waals surface area contributed by atoms with Crippen molar-refractivity contribution in [1.29, 1.82) is 5.26 Å². The van der Waals surface area contributed by atoms with Crippen LogP contribution in [-0.4, -0.2) is 111 Å². The molecule has 2 atom stereocenters. The lowest BCUT2D eigenvalue weighted by molar-refractivity contribution is -0.0660. The van der Waals surface area contributed by atoms with Gasteiger partial charge >= 0.3 is 0 Å². The average Bonchev–Trinajstić information content (AvgIpc) is 3.51. The SMILES string of the molecule is Cn1cc(C(=O)N2CC[C@H](Oc3ccc(-c4nccc(Nc5ccc(N6CCN(C7COC7)CC6)cc5)n4)cc3C#N)[C@H](F)C2)nn1. The number of ether oxygens (including phenoxy) is 2. The molecule has 3 aliphatic rings. The Morgan fingerprint density at radius 3 is 2.57 bits per heavy atom. The number of piperazine rings is 1. The summed E-state index contributed by atoms with van der Waals surface area (Å²) >= 11 is 0. The molecule has 3 saturated heterocycles. The highest BCUT2D eigenvalue weighted by atomic mass is 19.1. The van der Waals surface area contributed by atoms with Crippen molar-refractivity contribution >= 4 is 23.1 Å². The van der Waals surface area contributed by atoms with Gasteiger partial charge in [0, 0.05) is 69.3 Å². The number of anilines is 3. The Bertz CT molecular complexity index is 1760. The van der Waals surface area contributed by atoms with Gasteiger partial charge in [0.15, 0.2) is 17.7 Å². The zero-order valence-corrected chi connectivity index (χ0v) is 26.0. The number of halogens is 1. The Hall–Kier alpha value is -5.13. The second-order valence-electron chi connectivity index (χ2n) is 12.0. The van der Waals surface area contributed by atoms with Crippen molar-refractivity contribution in [2.24, 2.45) is 7.05 Å². The predicted octanol–water partition coefficient (Wildman–Crippen LogP) is 3.04. The number of alkyl halides is 1. The van der Waals surface area contributed by atoms with Gasteiger partial charge in [-0.05, 0) is 48.5 Å². The van der Waals surface area contributed by atoms with Gasteiger partial charge < -0.3 is 24.6 Å². The number of aromatic nitrogens is 5. The largest absolute Gasteiger partial charge is 0.486 e. The van der Waals surface area contributed by atoms with Crippen molar-refractivity contribution in [1.82, 2.24) is 34.8 Å². The van der Waals surface area contributed by atoms with Crippen LogP contribution in [0.25, 0.3) is 11.4 Å². The van der Waals surface area contributed by atoms with Crippen LogP contribution >= 0.6 is 0 Å². The first-order valence-electron chi connectivity index (χ1n) is 15.7. The fraction of sp³-hybridized carbons (Fsp3) is 0.394. The second-order valence-corrected chi connectivity index (χ2v) is 12.0. The summed E-state index contributed by atoms with van der Waals surface area (Å²) in [7, 11) is 1.66. The summed E-state index contributed by atoms with van der Waals surface area (Å²) in [6, 6.07) is 17.9. The normalized spacial score (nSPS) is 20.4. The summed E-state index contributed by atoms with van der Waals surface area (Å²) in [6.45, 7) is 5.93. The molecule has 0 aliphatic carbocycles. The smallest absolute Gasteiger partial charge is 0.276 e. The van der Waals surface area contributed by atoms with Gasteiger partial charge in [0.1, 0.15) is 23.7 Å². The third-order valence-corrected chi connectivity index (χ3v) is 8.84. The van der Waals surface area contributed by atoms with Gasteiger partial charge in [0.25, 0.3) is 5.91 Å². The number of hydrogen-bond acceptors (Lipinski definition) is 11. The van der Waals surface area contributed by atoms with E-state index in [0.717, 1.165) is 45.1 Å². The number of carbonyl (C=O) groups is 1. The summed E-state index contributed by atoms with van der Waals surface area (Å²) < 4.78 is 27.9. The lowest BCUT2D eigenvalue weighted by Gasteiger charge is -2.43. The maximum absolute atomic E-state index is 15.2. The van der Waals surface area contributed by atoms with E-state index in [1.54, 1.807) is 37.5 Å². The minimum Gasteiger partial charge on any atom is -0.486 e. The number of benzene rings is 2. The van der Waals surface area contributed by atoms with Crippen LogP contribution in [0.5, 0.6) is 5.75 Å². The molecule has 1 N–H and O–H groups in total. The molecule has 47 heavy (non-hydrogen) atoms. The number of piperidine rings is 1. The van der Waals surface area contributed by atoms with Gasteiger partial charge in [-0.25, -0.2) is 14.4 Å². The molecule has 0 saturated carbocycles. The number of amides is 1. The molecular weight excluding hydrogens is 603 g/mol. The molecule has 2 aromatic heterocycles. The monoisotopic (exact) mass is 638 g/mol. The van der Waals surface area contributed by atoms with Crippen LogP contribution in [0.4, 0.5) is 21.6 Å². The highest BCUT2D eigenvalue weighted by molar-refractivity contribution is 5.92. The van der Waals surface area contributed by atoms with E-state index in [9.17, 15) is 10.1 Å². The number of likely N-dealkylation sites (tertiary alicyclic amines) is 1. The number of nitriles is 1.